The summed E-state index contributed by atoms with van der Waals surface area (Å²) in [6.45, 7) is 0.994. The maximum absolute atomic E-state index is 12.8. The first kappa shape index (κ1) is 9.13. The van der Waals surface area contributed by atoms with Crippen molar-refractivity contribution in [3.63, 3.8) is 0 Å². The van der Waals surface area contributed by atoms with E-state index >= 15 is 0 Å². The summed E-state index contributed by atoms with van der Waals surface area (Å²) < 4.78 is 25.5. The molecule has 1 N–H and O–H groups in total. The highest BCUT2D eigenvalue weighted by Gasteiger charge is 2.08. The van der Waals surface area contributed by atoms with E-state index in [0.717, 1.165) is 0 Å². The lowest BCUT2D eigenvalue weighted by Crippen LogP contribution is -1.98. The van der Waals surface area contributed by atoms with Crippen LogP contribution in [0.4, 0.5) is 8.78 Å². The first-order valence-corrected chi connectivity index (χ1v) is 3.66. The molecule has 0 fully saturated rings. The molecule has 0 aliphatic heterocycles. The second-order valence-corrected chi connectivity index (χ2v) is 2.66. The van der Waals surface area contributed by atoms with Gasteiger partial charge in [-0.3, -0.25) is 0 Å². The molecule has 0 radical (unpaired) electrons. The fraction of sp³-hybridized carbons (Fsp3) is 0.333. The Balaban J connectivity index is 2.96. The van der Waals surface area contributed by atoms with Gasteiger partial charge in [0.05, 0.1) is 6.61 Å². The van der Waals surface area contributed by atoms with Gasteiger partial charge in [-0.25, -0.2) is 8.78 Å². The smallest absolute Gasteiger partial charge is 0.148 e. The Kier molecular flexibility index (Phi) is 2.76. The summed E-state index contributed by atoms with van der Waals surface area (Å²) in [6.07, 6.45) is -1.41. The largest absolute Gasteiger partial charge is 0.393 e. The lowest BCUT2D eigenvalue weighted by molar-refractivity contribution is 0.180. The summed E-state index contributed by atoms with van der Waals surface area (Å²) in [4.78, 5) is 0. The van der Waals surface area contributed by atoms with E-state index < -0.39 is 12.8 Å². The first-order valence-electron chi connectivity index (χ1n) is 3.66. The van der Waals surface area contributed by atoms with Gasteiger partial charge in [-0.05, 0) is 24.1 Å². The van der Waals surface area contributed by atoms with E-state index in [2.05, 4.69) is 0 Å². The molecular weight excluding hydrogens is 162 g/mol. The molecule has 0 aromatic heterocycles. The highest BCUT2D eigenvalue weighted by Crippen LogP contribution is 2.18. The third kappa shape index (κ3) is 1.80. The Labute approximate surface area is 69.7 Å². The van der Waals surface area contributed by atoms with Gasteiger partial charge in [0, 0.05) is 0 Å². The Morgan fingerprint density at radius 2 is 2.17 bits per heavy atom. The van der Waals surface area contributed by atoms with E-state index in [1.807, 2.05) is 0 Å². The van der Waals surface area contributed by atoms with Crippen molar-refractivity contribution in [2.45, 2.75) is 13.1 Å². The van der Waals surface area contributed by atoms with Crippen LogP contribution in [0.15, 0.2) is 18.2 Å². The molecule has 1 unspecified atom stereocenters. The Hall–Kier alpha value is -0.960. The number of hydrogen-bond acceptors (Lipinski definition) is 1. The van der Waals surface area contributed by atoms with Gasteiger partial charge < -0.3 is 5.11 Å². The van der Waals surface area contributed by atoms with Gasteiger partial charge in [-0.1, -0.05) is 12.1 Å². The zero-order valence-corrected chi connectivity index (χ0v) is 6.72. The van der Waals surface area contributed by atoms with Crippen molar-refractivity contribution in [2.24, 2.45) is 0 Å². The number of hydrogen-bond donors (Lipinski definition) is 1. The molecule has 0 saturated carbocycles. The molecule has 3 heteroatoms. The predicted octanol–water partition coefficient (Wildman–Crippen LogP) is 2.14. The molecule has 0 bridgehead atoms. The first-order chi connectivity index (χ1) is 5.65. The molecule has 12 heavy (non-hydrogen) atoms. The number of halogens is 2. The lowest BCUT2D eigenvalue weighted by atomic mass is 10.1. The van der Waals surface area contributed by atoms with E-state index in [1.54, 1.807) is 6.92 Å². The minimum Gasteiger partial charge on any atom is -0.393 e. The van der Waals surface area contributed by atoms with E-state index in [9.17, 15) is 8.78 Å². The molecule has 0 heterocycles. The number of rotatable bonds is 2. The van der Waals surface area contributed by atoms with Crippen LogP contribution >= 0.6 is 0 Å². The van der Waals surface area contributed by atoms with Gasteiger partial charge in [-0.2, -0.15) is 0 Å². The molecule has 0 aliphatic rings. The topological polar surface area (TPSA) is 20.2 Å². The minimum atomic E-state index is -1.41. The average Bonchev–Trinajstić information content (AvgIpc) is 2.08. The second-order valence-electron chi connectivity index (χ2n) is 2.66. The molecule has 1 nitrogen and oxygen atoms in total. The van der Waals surface area contributed by atoms with Crippen molar-refractivity contribution < 1.29 is 13.9 Å². The van der Waals surface area contributed by atoms with Crippen LogP contribution in [-0.2, 0) is 0 Å². The average molecular weight is 172 g/mol. The highest BCUT2D eigenvalue weighted by molar-refractivity contribution is 5.25. The fourth-order valence-corrected chi connectivity index (χ4v) is 0.968. The van der Waals surface area contributed by atoms with Gasteiger partial charge in [0.15, 0.2) is 0 Å². The molecule has 0 saturated heterocycles. The van der Waals surface area contributed by atoms with E-state index in [-0.39, 0.29) is 5.82 Å². The summed E-state index contributed by atoms with van der Waals surface area (Å²) in [5.74, 6) is -0.358. The standard InChI is InChI=1S/C9H10F2O/c1-6-4-7(9(11)5-12)2-3-8(6)10/h2-4,9,12H,5H2,1H3. The second kappa shape index (κ2) is 3.63. The third-order valence-electron chi connectivity index (χ3n) is 1.70. The Morgan fingerprint density at radius 1 is 1.50 bits per heavy atom. The van der Waals surface area contributed by atoms with Crippen LogP contribution in [0.3, 0.4) is 0 Å². The van der Waals surface area contributed by atoms with Gasteiger partial charge >= 0.3 is 0 Å². The Bertz CT molecular complexity index is 273. The lowest BCUT2D eigenvalue weighted by Gasteiger charge is -2.05. The number of alkyl halides is 1. The summed E-state index contributed by atoms with van der Waals surface area (Å²) in [5, 5.41) is 8.48. The van der Waals surface area contributed by atoms with Crippen LogP contribution in [0.25, 0.3) is 0 Å². The predicted molar refractivity (Wildman–Crippen MR) is 42.1 cm³/mol. The summed E-state index contributed by atoms with van der Waals surface area (Å²) >= 11 is 0. The quantitative estimate of drug-likeness (QED) is 0.724. The van der Waals surface area contributed by atoms with Crippen molar-refractivity contribution >= 4 is 0 Å². The molecular formula is C9H10F2O. The minimum absolute atomic E-state index is 0.316. The molecule has 1 aromatic rings. The fourth-order valence-electron chi connectivity index (χ4n) is 0.968. The summed E-state index contributed by atoms with van der Waals surface area (Å²) in [5.41, 5.74) is 0.708. The number of aliphatic hydroxyl groups is 1. The SMILES string of the molecule is Cc1cc(C(F)CO)ccc1F. The molecule has 0 amide bonds. The molecule has 66 valence electrons. The highest BCUT2D eigenvalue weighted by atomic mass is 19.1. The zero-order chi connectivity index (χ0) is 9.14. The zero-order valence-electron chi connectivity index (χ0n) is 6.72. The molecule has 1 aromatic carbocycles. The number of benzene rings is 1. The van der Waals surface area contributed by atoms with Crippen LogP contribution in [0.5, 0.6) is 0 Å². The van der Waals surface area contributed by atoms with Gasteiger partial charge in [-0.15, -0.1) is 0 Å². The van der Waals surface area contributed by atoms with Crippen molar-refractivity contribution in [1.29, 1.82) is 0 Å². The molecule has 0 aliphatic carbocycles. The van der Waals surface area contributed by atoms with E-state index in [1.165, 1.54) is 18.2 Å². The van der Waals surface area contributed by atoms with Crippen LogP contribution in [0.2, 0.25) is 0 Å². The van der Waals surface area contributed by atoms with Crippen molar-refractivity contribution in [3.8, 4) is 0 Å². The van der Waals surface area contributed by atoms with Crippen molar-refractivity contribution in [2.75, 3.05) is 6.61 Å². The van der Waals surface area contributed by atoms with Crippen LogP contribution in [0.1, 0.15) is 17.3 Å². The number of aliphatic hydroxyl groups excluding tert-OH is 1. The van der Waals surface area contributed by atoms with Gasteiger partial charge in [0.2, 0.25) is 0 Å². The van der Waals surface area contributed by atoms with Crippen LogP contribution < -0.4 is 0 Å². The van der Waals surface area contributed by atoms with Gasteiger partial charge in [0.1, 0.15) is 12.0 Å². The van der Waals surface area contributed by atoms with Gasteiger partial charge in [0.25, 0.3) is 0 Å². The molecule has 1 rings (SSSR count). The number of aryl methyl sites for hydroxylation is 1. The maximum Gasteiger partial charge on any atom is 0.148 e. The maximum atomic E-state index is 12.8. The summed E-state index contributed by atoms with van der Waals surface area (Å²) in [6, 6.07) is 3.94. The third-order valence-corrected chi connectivity index (χ3v) is 1.70. The summed E-state index contributed by atoms with van der Waals surface area (Å²) in [7, 11) is 0. The van der Waals surface area contributed by atoms with Crippen LogP contribution in [-0.4, -0.2) is 11.7 Å². The van der Waals surface area contributed by atoms with Crippen molar-refractivity contribution in [3.05, 3.63) is 35.1 Å². The Morgan fingerprint density at radius 3 is 2.67 bits per heavy atom. The normalized spacial score (nSPS) is 13.0. The molecule has 1 atom stereocenters. The molecule has 0 spiro atoms. The van der Waals surface area contributed by atoms with Crippen LogP contribution in [0, 0.1) is 12.7 Å². The van der Waals surface area contributed by atoms with E-state index in [0.29, 0.717) is 11.1 Å². The van der Waals surface area contributed by atoms with E-state index in [4.69, 9.17) is 5.11 Å². The monoisotopic (exact) mass is 172 g/mol. The van der Waals surface area contributed by atoms with Crippen molar-refractivity contribution in [1.82, 2.24) is 0 Å².